The Kier molecular flexibility index (Phi) is 9.16. The van der Waals surface area contributed by atoms with Gasteiger partial charge in [-0.15, -0.1) is 0 Å². The van der Waals surface area contributed by atoms with E-state index in [4.69, 9.17) is 23.7 Å². The van der Waals surface area contributed by atoms with Crippen molar-refractivity contribution < 1.29 is 32.9 Å². The van der Waals surface area contributed by atoms with Crippen molar-refractivity contribution in [2.45, 2.75) is 6.42 Å². The second-order valence-electron chi connectivity index (χ2n) is 7.69. The average Bonchev–Trinajstić information content (AvgIpc) is 2.91. The standard InChI is InChI=1S/C28H30FNO6/c1-32-21-10-8-19(9-11-21)24(31)12-13-30-23-17-25(33-2)22(29)16-20(23)7-6-18-14-26(34-3)28(36-5)27(15-18)35-4/h6-11,14-17,30H,12-13H2,1-5H3/b7-6-. The topological polar surface area (TPSA) is 75.3 Å². The minimum Gasteiger partial charge on any atom is -0.497 e. The van der Waals surface area contributed by atoms with Gasteiger partial charge in [0.05, 0.1) is 35.5 Å². The van der Waals surface area contributed by atoms with Crippen LogP contribution in [0, 0.1) is 5.82 Å². The van der Waals surface area contributed by atoms with Crippen molar-refractivity contribution in [3.8, 4) is 28.7 Å². The zero-order valence-corrected chi connectivity index (χ0v) is 21.0. The molecule has 7 nitrogen and oxygen atoms in total. The van der Waals surface area contributed by atoms with Crippen LogP contribution >= 0.6 is 0 Å². The van der Waals surface area contributed by atoms with Crippen molar-refractivity contribution >= 4 is 23.6 Å². The zero-order chi connectivity index (χ0) is 26.1. The molecule has 0 saturated carbocycles. The number of ether oxygens (including phenoxy) is 5. The molecule has 0 amide bonds. The number of halogens is 1. The SMILES string of the molecule is COc1ccc(C(=O)CCNc2cc(OC)c(F)cc2/C=C\c2cc(OC)c(OC)c(OC)c2)cc1. The summed E-state index contributed by atoms with van der Waals surface area (Å²) in [5.74, 6) is 1.77. The van der Waals surface area contributed by atoms with Gasteiger partial charge >= 0.3 is 0 Å². The Morgan fingerprint density at radius 3 is 2.00 bits per heavy atom. The number of anilines is 1. The molecule has 0 aliphatic carbocycles. The molecular weight excluding hydrogens is 465 g/mol. The number of carbonyl (C=O) groups is 1. The van der Waals surface area contributed by atoms with E-state index in [-0.39, 0.29) is 18.0 Å². The molecule has 8 heteroatoms. The van der Waals surface area contributed by atoms with E-state index in [0.29, 0.717) is 46.4 Å². The number of hydrogen-bond donors (Lipinski definition) is 1. The number of nitrogens with one attached hydrogen (secondary N) is 1. The van der Waals surface area contributed by atoms with E-state index in [1.54, 1.807) is 75.9 Å². The van der Waals surface area contributed by atoms with Gasteiger partial charge < -0.3 is 29.0 Å². The van der Waals surface area contributed by atoms with Crippen LogP contribution in [0.2, 0.25) is 0 Å². The highest BCUT2D eigenvalue weighted by molar-refractivity contribution is 5.96. The van der Waals surface area contributed by atoms with Gasteiger partial charge in [0.2, 0.25) is 5.75 Å². The lowest BCUT2D eigenvalue weighted by Gasteiger charge is -2.14. The molecule has 3 aromatic rings. The Morgan fingerprint density at radius 2 is 1.44 bits per heavy atom. The summed E-state index contributed by atoms with van der Waals surface area (Å²) in [6.45, 7) is 0.352. The summed E-state index contributed by atoms with van der Waals surface area (Å²) < 4.78 is 41.0. The minimum atomic E-state index is -0.498. The Morgan fingerprint density at radius 1 is 0.806 bits per heavy atom. The van der Waals surface area contributed by atoms with Crippen LogP contribution in [0.1, 0.15) is 27.9 Å². The first kappa shape index (κ1) is 26.4. The minimum absolute atomic E-state index is 0.0197. The largest absolute Gasteiger partial charge is 0.497 e. The molecule has 0 bridgehead atoms. The molecule has 0 atom stereocenters. The molecule has 3 aromatic carbocycles. The van der Waals surface area contributed by atoms with Gasteiger partial charge in [-0.3, -0.25) is 4.79 Å². The number of benzene rings is 3. The highest BCUT2D eigenvalue weighted by atomic mass is 19.1. The quantitative estimate of drug-likeness (QED) is 0.254. The van der Waals surface area contributed by atoms with E-state index >= 15 is 0 Å². The van der Waals surface area contributed by atoms with E-state index < -0.39 is 5.82 Å². The first-order valence-corrected chi connectivity index (χ1v) is 11.2. The van der Waals surface area contributed by atoms with Gasteiger partial charge in [0.15, 0.2) is 28.8 Å². The second kappa shape index (κ2) is 12.5. The Balaban J connectivity index is 1.81. The van der Waals surface area contributed by atoms with Gasteiger partial charge in [0.25, 0.3) is 0 Å². The molecule has 0 spiro atoms. The van der Waals surface area contributed by atoms with Crippen LogP contribution in [-0.4, -0.2) is 47.9 Å². The number of carbonyl (C=O) groups excluding carboxylic acids is 1. The molecule has 0 fully saturated rings. The monoisotopic (exact) mass is 495 g/mol. The Bertz CT molecular complexity index is 1200. The predicted octanol–water partition coefficient (Wildman–Crippen LogP) is 5.72. The molecule has 0 aromatic heterocycles. The fraction of sp³-hybridized carbons (Fsp3) is 0.250. The molecule has 0 aliphatic heterocycles. The summed E-state index contributed by atoms with van der Waals surface area (Å²) in [4.78, 5) is 12.6. The number of hydrogen-bond acceptors (Lipinski definition) is 7. The van der Waals surface area contributed by atoms with E-state index in [1.165, 1.54) is 20.3 Å². The summed E-state index contributed by atoms with van der Waals surface area (Å²) >= 11 is 0. The van der Waals surface area contributed by atoms with Crippen LogP contribution in [0.5, 0.6) is 28.7 Å². The third kappa shape index (κ3) is 6.27. The van der Waals surface area contributed by atoms with Crippen LogP contribution in [0.15, 0.2) is 48.5 Å². The lowest BCUT2D eigenvalue weighted by molar-refractivity contribution is 0.0986. The summed E-state index contributed by atoms with van der Waals surface area (Å²) in [5, 5.41) is 3.23. The first-order valence-electron chi connectivity index (χ1n) is 11.2. The number of rotatable bonds is 12. The highest BCUT2D eigenvalue weighted by Gasteiger charge is 2.13. The van der Waals surface area contributed by atoms with Crippen LogP contribution in [-0.2, 0) is 0 Å². The molecule has 1 N–H and O–H groups in total. The van der Waals surface area contributed by atoms with Gasteiger partial charge in [-0.05, 0) is 48.0 Å². The molecule has 190 valence electrons. The van der Waals surface area contributed by atoms with Crippen LogP contribution in [0.4, 0.5) is 10.1 Å². The van der Waals surface area contributed by atoms with Gasteiger partial charge in [-0.2, -0.15) is 0 Å². The number of methoxy groups -OCH3 is 5. The maximum absolute atomic E-state index is 14.5. The summed E-state index contributed by atoms with van der Waals surface area (Å²) in [7, 11) is 7.59. The summed E-state index contributed by atoms with van der Waals surface area (Å²) in [6.07, 6.45) is 3.82. The van der Waals surface area contributed by atoms with Crippen molar-refractivity contribution in [2.24, 2.45) is 0 Å². The van der Waals surface area contributed by atoms with E-state index in [9.17, 15) is 9.18 Å². The van der Waals surface area contributed by atoms with Gasteiger partial charge in [0.1, 0.15) is 5.75 Å². The molecule has 0 radical (unpaired) electrons. The van der Waals surface area contributed by atoms with Crippen molar-refractivity contribution in [3.05, 3.63) is 71.0 Å². The van der Waals surface area contributed by atoms with Gasteiger partial charge in [-0.1, -0.05) is 12.2 Å². The van der Waals surface area contributed by atoms with Gasteiger partial charge in [0, 0.05) is 35.8 Å². The fourth-order valence-electron chi connectivity index (χ4n) is 3.63. The normalized spacial score (nSPS) is 10.7. The lowest BCUT2D eigenvalue weighted by Crippen LogP contribution is -2.10. The van der Waals surface area contributed by atoms with E-state index in [2.05, 4.69) is 5.32 Å². The molecule has 36 heavy (non-hydrogen) atoms. The fourth-order valence-corrected chi connectivity index (χ4v) is 3.63. The maximum atomic E-state index is 14.5. The molecule has 3 rings (SSSR count). The van der Waals surface area contributed by atoms with Crippen molar-refractivity contribution in [3.63, 3.8) is 0 Å². The third-order valence-corrected chi connectivity index (χ3v) is 5.55. The van der Waals surface area contributed by atoms with Crippen molar-refractivity contribution in [1.82, 2.24) is 0 Å². The molecule has 0 unspecified atom stereocenters. The zero-order valence-electron chi connectivity index (χ0n) is 21.0. The highest BCUT2D eigenvalue weighted by Crippen LogP contribution is 2.39. The molecule has 0 heterocycles. The predicted molar refractivity (Wildman–Crippen MR) is 138 cm³/mol. The van der Waals surface area contributed by atoms with Crippen molar-refractivity contribution in [1.29, 1.82) is 0 Å². The molecule has 0 saturated heterocycles. The summed E-state index contributed by atoms with van der Waals surface area (Å²) in [6, 6.07) is 13.5. The number of ketones is 1. The third-order valence-electron chi connectivity index (χ3n) is 5.55. The Hall–Kier alpha value is -4.20. The summed E-state index contributed by atoms with van der Waals surface area (Å²) in [5.41, 5.74) is 2.57. The second-order valence-corrected chi connectivity index (χ2v) is 7.69. The van der Waals surface area contributed by atoms with Crippen LogP contribution < -0.4 is 29.0 Å². The van der Waals surface area contributed by atoms with Crippen LogP contribution in [0.25, 0.3) is 12.2 Å². The molecule has 0 aliphatic rings. The van der Waals surface area contributed by atoms with Gasteiger partial charge in [-0.25, -0.2) is 4.39 Å². The smallest absolute Gasteiger partial charge is 0.203 e. The van der Waals surface area contributed by atoms with E-state index in [1.807, 2.05) is 0 Å². The first-order chi connectivity index (χ1) is 17.4. The van der Waals surface area contributed by atoms with Crippen molar-refractivity contribution in [2.75, 3.05) is 47.4 Å². The molecular formula is C28H30FNO6. The Labute approximate surface area is 210 Å². The van der Waals surface area contributed by atoms with E-state index in [0.717, 1.165) is 5.56 Å². The average molecular weight is 496 g/mol. The lowest BCUT2D eigenvalue weighted by atomic mass is 10.1. The maximum Gasteiger partial charge on any atom is 0.203 e. The van der Waals surface area contributed by atoms with Crippen LogP contribution in [0.3, 0.4) is 0 Å². The number of Topliss-reactive ketones (excluding diaryl/α,β-unsaturated/α-hetero) is 1.